The molecule has 0 fully saturated rings. The van der Waals surface area contributed by atoms with Crippen LogP contribution in [0.3, 0.4) is 0 Å². The molecule has 0 amide bonds. The van der Waals surface area contributed by atoms with Gasteiger partial charge in [0, 0.05) is 19.0 Å². The van der Waals surface area contributed by atoms with Crippen LogP contribution < -0.4 is 5.32 Å². The van der Waals surface area contributed by atoms with Crippen LogP contribution in [0.4, 0.5) is 0 Å². The summed E-state index contributed by atoms with van der Waals surface area (Å²) in [6.07, 6.45) is 2.15. The Bertz CT molecular complexity index is 478. The van der Waals surface area contributed by atoms with E-state index < -0.39 is 24.5 Å². The average molecular weight is 388 g/mol. The van der Waals surface area contributed by atoms with Crippen molar-refractivity contribution in [1.29, 1.82) is 0 Å². The highest BCUT2D eigenvalue weighted by Crippen LogP contribution is 2.12. The molecule has 0 aromatic carbocycles. The van der Waals surface area contributed by atoms with Crippen molar-refractivity contribution >= 4 is 23.7 Å². The average Bonchev–Trinajstić information content (AvgIpc) is 2.52. The minimum absolute atomic E-state index is 0.212. The fraction of sp³-hybridized carbons (Fsp3) is 0.778. The molecule has 0 bridgehead atoms. The maximum absolute atomic E-state index is 11.6. The Morgan fingerprint density at radius 1 is 1.04 bits per heavy atom. The van der Waals surface area contributed by atoms with Gasteiger partial charge in [-0.15, -0.1) is 0 Å². The fourth-order valence-corrected chi connectivity index (χ4v) is 2.57. The molecule has 0 heterocycles. The summed E-state index contributed by atoms with van der Waals surface area (Å²) in [5.41, 5.74) is 0. The molecule has 9 heteroatoms. The van der Waals surface area contributed by atoms with Gasteiger partial charge in [-0.3, -0.25) is 24.1 Å². The lowest BCUT2D eigenvalue weighted by Crippen LogP contribution is -2.46. The van der Waals surface area contributed by atoms with Crippen LogP contribution in [0.1, 0.15) is 52.9 Å². The van der Waals surface area contributed by atoms with Gasteiger partial charge < -0.3 is 20.3 Å². The van der Waals surface area contributed by atoms with E-state index in [9.17, 15) is 24.3 Å². The smallest absolute Gasteiger partial charge is 0.320 e. The summed E-state index contributed by atoms with van der Waals surface area (Å²) in [6.45, 7) is 5.47. The van der Waals surface area contributed by atoms with Crippen LogP contribution in [0, 0.1) is 0 Å². The predicted octanol–water partition coefficient (Wildman–Crippen LogP) is 0.907. The van der Waals surface area contributed by atoms with Gasteiger partial charge in [0.25, 0.3) is 0 Å². The first kappa shape index (κ1) is 25.0. The molecule has 0 spiro atoms. The van der Waals surface area contributed by atoms with Gasteiger partial charge in [0.15, 0.2) is 0 Å². The number of Topliss-reactive ketones (excluding diaryl/α,β-unsaturated/α-hetero) is 1. The first-order valence-electron chi connectivity index (χ1n) is 9.20. The van der Waals surface area contributed by atoms with E-state index in [0.717, 1.165) is 4.90 Å². The highest BCUT2D eigenvalue weighted by Gasteiger charge is 2.27. The van der Waals surface area contributed by atoms with Crippen LogP contribution in [0.5, 0.6) is 0 Å². The molecule has 0 saturated carbocycles. The van der Waals surface area contributed by atoms with E-state index in [1.54, 1.807) is 0 Å². The lowest BCUT2D eigenvalue weighted by atomic mass is 10.1. The lowest BCUT2D eigenvalue weighted by molar-refractivity contribution is -0.147. The van der Waals surface area contributed by atoms with E-state index in [0.29, 0.717) is 38.5 Å². The summed E-state index contributed by atoms with van der Waals surface area (Å²) in [6, 6.07) is -0.714. The number of ketones is 1. The van der Waals surface area contributed by atoms with Crippen LogP contribution >= 0.6 is 0 Å². The third-order valence-electron chi connectivity index (χ3n) is 3.77. The van der Waals surface area contributed by atoms with Crippen molar-refractivity contribution in [3.63, 3.8) is 0 Å². The number of carbonyl (C=O) groups excluding carboxylic acids is 2. The zero-order valence-corrected chi connectivity index (χ0v) is 16.4. The van der Waals surface area contributed by atoms with Gasteiger partial charge in [0.2, 0.25) is 0 Å². The van der Waals surface area contributed by atoms with Crippen molar-refractivity contribution in [2.45, 2.75) is 65.0 Å². The molecule has 0 aromatic rings. The van der Waals surface area contributed by atoms with Crippen molar-refractivity contribution in [2.24, 2.45) is 0 Å². The number of nitrogens with zero attached hydrogens (tertiary/aromatic N) is 1. The zero-order chi connectivity index (χ0) is 20.8. The number of carboxylic acids is 2. The maximum Gasteiger partial charge on any atom is 0.320 e. The van der Waals surface area contributed by atoms with E-state index >= 15 is 0 Å². The normalized spacial score (nSPS) is 12.2. The summed E-state index contributed by atoms with van der Waals surface area (Å²) >= 11 is 0. The molecule has 0 aliphatic carbocycles. The summed E-state index contributed by atoms with van der Waals surface area (Å²) < 4.78 is 5.08. The first-order chi connectivity index (χ1) is 12.6. The van der Waals surface area contributed by atoms with Gasteiger partial charge in [-0.1, -0.05) is 26.7 Å². The topological polar surface area (TPSA) is 133 Å². The molecule has 156 valence electrons. The van der Waals surface area contributed by atoms with Crippen LogP contribution in [0.25, 0.3) is 0 Å². The molecular formula is C18H32N2O7. The van der Waals surface area contributed by atoms with E-state index in [-0.39, 0.29) is 31.1 Å². The van der Waals surface area contributed by atoms with Crippen molar-refractivity contribution in [3.05, 3.63) is 0 Å². The summed E-state index contributed by atoms with van der Waals surface area (Å²) in [4.78, 5) is 46.4. The van der Waals surface area contributed by atoms with E-state index in [2.05, 4.69) is 5.32 Å². The summed E-state index contributed by atoms with van der Waals surface area (Å²) in [7, 11) is 0. The van der Waals surface area contributed by atoms with Crippen molar-refractivity contribution in [3.8, 4) is 0 Å². The van der Waals surface area contributed by atoms with Crippen molar-refractivity contribution < 1.29 is 34.1 Å². The minimum atomic E-state index is -1.18. The Morgan fingerprint density at radius 3 is 2.22 bits per heavy atom. The number of ether oxygens (including phenoxy) is 1. The second-order valence-electron chi connectivity index (χ2n) is 6.78. The van der Waals surface area contributed by atoms with Gasteiger partial charge in [-0.2, -0.15) is 0 Å². The van der Waals surface area contributed by atoms with Crippen molar-refractivity contribution in [2.75, 3.05) is 26.2 Å². The molecular weight excluding hydrogens is 356 g/mol. The number of esters is 1. The van der Waals surface area contributed by atoms with Gasteiger partial charge in [0.05, 0.1) is 13.1 Å². The molecule has 9 nitrogen and oxygen atoms in total. The number of hydrogen-bond donors (Lipinski definition) is 3. The number of carbonyl (C=O) groups is 4. The second-order valence-corrected chi connectivity index (χ2v) is 6.78. The first-order valence-corrected chi connectivity index (χ1v) is 9.20. The number of nitrogens with one attached hydrogen (secondary N) is 1. The third-order valence-corrected chi connectivity index (χ3v) is 3.77. The van der Waals surface area contributed by atoms with E-state index in [1.807, 2.05) is 13.8 Å². The molecule has 0 saturated heterocycles. The summed E-state index contributed by atoms with van der Waals surface area (Å²) in [5.74, 6) is -2.93. The Morgan fingerprint density at radius 2 is 1.70 bits per heavy atom. The molecule has 0 aromatic heterocycles. The van der Waals surface area contributed by atoms with Crippen LogP contribution in [0.15, 0.2) is 0 Å². The second kappa shape index (κ2) is 14.1. The highest BCUT2D eigenvalue weighted by atomic mass is 16.5. The van der Waals surface area contributed by atoms with Crippen molar-refractivity contribution in [1.82, 2.24) is 10.2 Å². The number of unbranched alkanes of at least 4 members (excludes halogenated alkanes) is 2. The van der Waals surface area contributed by atoms with Gasteiger partial charge in [0.1, 0.15) is 18.4 Å². The Hall–Kier alpha value is -2.00. The van der Waals surface area contributed by atoms with Gasteiger partial charge >= 0.3 is 17.9 Å². The largest absolute Gasteiger partial charge is 0.480 e. The van der Waals surface area contributed by atoms with Gasteiger partial charge in [-0.25, -0.2) is 0 Å². The molecule has 3 N–H and O–H groups in total. The lowest BCUT2D eigenvalue weighted by Gasteiger charge is -2.26. The molecule has 1 unspecified atom stereocenters. The third kappa shape index (κ3) is 13.8. The van der Waals surface area contributed by atoms with Crippen LogP contribution in [-0.2, 0) is 23.9 Å². The van der Waals surface area contributed by atoms with E-state index in [1.165, 1.54) is 6.92 Å². The molecule has 27 heavy (non-hydrogen) atoms. The van der Waals surface area contributed by atoms with Crippen LogP contribution in [0.2, 0.25) is 0 Å². The minimum Gasteiger partial charge on any atom is -0.480 e. The molecule has 0 rings (SSSR count). The number of rotatable bonds is 16. The fourth-order valence-electron chi connectivity index (χ4n) is 2.57. The standard InChI is InChI=1S/C18H32N2O7/c1-13(2)19-9-10-27-17(24)8-6-4-5-7-15(18(25)26)20(11-14(3)21)12-16(22)23/h13,15,19H,4-12H2,1-3H3,(H,22,23)(H,25,26). The Kier molecular flexibility index (Phi) is 13.1. The van der Waals surface area contributed by atoms with E-state index in [4.69, 9.17) is 9.84 Å². The Labute approximate surface area is 160 Å². The quantitative estimate of drug-likeness (QED) is 0.260. The number of carboxylic acid groups (broad SMARTS) is 2. The SMILES string of the molecule is CC(=O)CN(CC(=O)O)C(CCCCCC(=O)OCCNC(C)C)C(=O)O. The molecule has 0 aliphatic rings. The van der Waals surface area contributed by atoms with Gasteiger partial charge in [-0.05, 0) is 19.8 Å². The van der Waals surface area contributed by atoms with Crippen LogP contribution in [-0.4, -0.2) is 77.1 Å². The predicted molar refractivity (Wildman–Crippen MR) is 98.5 cm³/mol. The summed E-state index contributed by atoms with van der Waals surface area (Å²) in [5, 5.41) is 21.4. The molecule has 0 radical (unpaired) electrons. The maximum atomic E-state index is 11.6. The Balaban J connectivity index is 4.20. The highest BCUT2D eigenvalue weighted by molar-refractivity contribution is 5.81. The molecule has 1 atom stereocenters. The number of aliphatic carboxylic acids is 2. The zero-order valence-electron chi connectivity index (χ0n) is 16.4. The molecule has 0 aliphatic heterocycles. The number of hydrogen-bond acceptors (Lipinski definition) is 7. The monoisotopic (exact) mass is 388 g/mol.